The molecule has 0 spiro atoms. The Balaban J connectivity index is 1.79. The largest absolute Gasteiger partial charge is 0.384 e. The predicted octanol–water partition coefficient (Wildman–Crippen LogP) is 2.40. The third-order valence-electron chi connectivity index (χ3n) is 3.30. The molecule has 1 aromatic heterocycles. The lowest BCUT2D eigenvalue weighted by atomic mass is 9.94. The second-order valence-electron chi connectivity index (χ2n) is 4.48. The van der Waals surface area contributed by atoms with E-state index in [0.717, 1.165) is 16.9 Å². The molecule has 1 aliphatic heterocycles. The molecule has 0 amide bonds. The fourth-order valence-electron chi connectivity index (χ4n) is 2.38. The first-order valence-corrected chi connectivity index (χ1v) is 6.10. The predicted molar refractivity (Wildman–Crippen MR) is 70.6 cm³/mol. The molecule has 0 saturated heterocycles. The lowest BCUT2D eigenvalue weighted by Crippen LogP contribution is -2.17. The molecule has 2 heterocycles. The highest BCUT2D eigenvalue weighted by atomic mass is 16.1. The van der Waals surface area contributed by atoms with Crippen molar-refractivity contribution in [3.63, 3.8) is 0 Å². The van der Waals surface area contributed by atoms with Gasteiger partial charge in [0.05, 0.1) is 5.92 Å². The molecule has 1 N–H and O–H groups in total. The van der Waals surface area contributed by atoms with Crippen LogP contribution < -0.4 is 5.32 Å². The summed E-state index contributed by atoms with van der Waals surface area (Å²) in [4.78, 5) is 16.5. The van der Waals surface area contributed by atoms with Crippen LogP contribution in [0.5, 0.6) is 0 Å². The van der Waals surface area contributed by atoms with Crippen LogP contribution in [0.15, 0.2) is 48.7 Å². The van der Waals surface area contributed by atoms with E-state index in [1.54, 1.807) is 6.20 Å². The van der Waals surface area contributed by atoms with Gasteiger partial charge in [-0.2, -0.15) is 0 Å². The molecule has 1 aromatic carbocycles. The number of fused-ring (bicyclic) bond motifs is 1. The normalized spacial score (nSPS) is 17.0. The molecule has 2 aromatic rings. The van der Waals surface area contributed by atoms with Gasteiger partial charge in [-0.1, -0.05) is 24.3 Å². The van der Waals surface area contributed by atoms with E-state index in [0.29, 0.717) is 13.0 Å². The molecule has 1 atom stereocenters. The van der Waals surface area contributed by atoms with Crippen LogP contribution in [0.2, 0.25) is 0 Å². The minimum absolute atomic E-state index is 0.0387. The summed E-state index contributed by atoms with van der Waals surface area (Å²) in [6.07, 6.45) is 2.13. The summed E-state index contributed by atoms with van der Waals surface area (Å²) >= 11 is 0. The number of nitrogens with zero attached hydrogens (tertiary/aromatic N) is 1. The number of pyridine rings is 1. The van der Waals surface area contributed by atoms with Gasteiger partial charge in [-0.15, -0.1) is 0 Å². The number of carbonyl (C=O) groups is 1. The van der Waals surface area contributed by atoms with Crippen molar-refractivity contribution in [1.29, 1.82) is 0 Å². The fraction of sp³-hybridized carbons (Fsp3) is 0.200. The molecule has 0 fully saturated rings. The lowest BCUT2D eigenvalue weighted by Gasteiger charge is -2.08. The third kappa shape index (κ3) is 1.99. The first-order valence-electron chi connectivity index (χ1n) is 6.10. The van der Waals surface area contributed by atoms with Gasteiger partial charge in [-0.3, -0.25) is 9.78 Å². The molecule has 0 radical (unpaired) electrons. The van der Waals surface area contributed by atoms with Crippen molar-refractivity contribution in [2.24, 2.45) is 0 Å². The summed E-state index contributed by atoms with van der Waals surface area (Å²) in [5.41, 5.74) is 3.03. The van der Waals surface area contributed by atoms with E-state index in [-0.39, 0.29) is 11.7 Å². The average Bonchev–Trinajstić information content (AvgIpc) is 2.84. The Hall–Kier alpha value is -2.16. The first kappa shape index (κ1) is 11.0. The number of carbonyl (C=O) groups excluding carboxylic acids is 1. The van der Waals surface area contributed by atoms with Gasteiger partial charge in [-0.25, -0.2) is 0 Å². The Bertz CT molecular complexity index is 566. The van der Waals surface area contributed by atoms with E-state index in [4.69, 9.17) is 0 Å². The van der Waals surface area contributed by atoms with Crippen LogP contribution in [0.3, 0.4) is 0 Å². The zero-order chi connectivity index (χ0) is 12.4. The monoisotopic (exact) mass is 238 g/mol. The van der Waals surface area contributed by atoms with E-state index in [9.17, 15) is 4.79 Å². The number of hydrogen-bond acceptors (Lipinski definition) is 3. The van der Waals surface area contributed by atoms with Crippen LogP contribution >= 0.6 is 0 Å². The SMILES string of the molecule is O=C(Cc1ccccn1)C1CNc2ccccc21. The van der Waals surface area contributed by atoms with Crippen LogP contribution in [-0.2, 0) is 11.2 Å². The van der Waals surface area contributed by atoms with E-state index >= 15 is 0 Å². The topological polar surface area (TPSA) is 42.0 Å². The van der Waals surface area contributed by atoms with Gasteiger partial charge < -0.3 is 5.32 Å². The number of ketones is 1. The smallest absolute Gasteiger partial charge is 0.148 e. The minimum Gasteiger partial charge on any atom is -0.384 e. The van der Waals surface area contributed by atoms with Crippen LogP contribution in [-0.4, -0.2) is 17.3 Å². The number of benzene rings is 1. The van der Waals surface area contributed by atoms with Crippen molar-refractivity contribution in [3.05, 3.63) is 59.9 Å². The summed E-state index contributed by atoms with van der Waals surface area (Å²) in [5.74, 6) is 0.189. The Morgan fingerprint density at radius 2 is 2.06 bits per heavy atom. The molecule has 18 heavy (non-hydrogen) atoms. The van der Waals surface area contributed by atoms with E-state index in [1.807, 2.05) is 42.5 Å². The van der Waals surface area contributed by atoms with Gasteiger partial charge >= 0.3 is 0 Å². The number of rotatable bonds is 3. The Morgan fingerprint density at radius 3 is 2.89 bits per heavy atom. The zero-order valence-electron chi connectivity index (χ0n) is 9.97. The second kappa shape index (κ2) is 4.61. The molecular formula is C15H14N2O. The van der Waals surface area contributed by atoms with Gasteiger partial charge in [0.2, 0.25) is 0 Å². The second-order valence-corrected chi connectivity index (χ2v) is 4.48. The number of anilines is 1. The zero-order valence-corrected chi connectivity index (χ0v) is 9.97. The molecule has 3 heteroatoms. The quantitative estimate of drug-likeness (QED) is 0.892. The number of aromatic nitrogens is 1. The maximum atomic E-state index is 12.3. The summed E-state index contributed by atoms with van der Waals surface area (Å²) in [5, 5.41) is 3.28. The van der Waals surface area contributed by atoms with E-state index < -0.39 is 0 Å². The molecule has 90 valence electrons. The molecule has 1 unspecified atom stereocenters. The van der Waals surface area contributed by atoms with E-state index in [2.05, 4.69) is 10.3 Å². The van der Waals surface area contributed by atoms with Gasteiger partial charge in [0.1, 0.15) is 5.78 Å². The van der Waals surface area contributed by atoms with Gasteiger partial charge in [0.25, 0.3) is 0 Å². The van der Waals surface area contributed by atoms with Crippen molar-refractivity contribution in [1.82, 2.24) is 4.98 Å². The molecular weight excluding hydrogens is 224 g/mol. The maximum Gasteiger partial charge on any atom is 0.148 e. The first-order chi connectivity index (χ1) is 8.84. The molecule has 0 aliphatic carbocycles. The highest BCUT2D eigenvalue weighted by Gasteiger charge is 2.27. The maximum absolute atomic E-state index is 12.3. The standard InChI is InChI=1S/C15H14N2O/c18-15(9-11-5-3-4-8-16-11)13-10-17-14-7-2-1-6-12(13)14/h1-8,13,17H,9-10H2. The number of nitrogens with one attached hydrogen (secondary N) is 1. The fourth-order valence-corrected chi connectivity index (χ4v) is 2.38. The van der Waals surface area contributed by atoms with Crippen LogP contribution in [0, 0.1) is 0 Å². The summed E-state index contributed by atoms with van der Waals surface area (Å²) < 4.78 is 0. The molecule has 3 nitrogen and oxygen atoms in total. The average molecular weight is 238 g/mol. The van der Waals surface area contributed by atoms with Crippen molar-refractivity contribution >= 4 is 11.5 Å². The van der Waals surface area contributed by atoms with Crippen molar-refractivity contribution in [2.45, 2.75) is 12.3 Å². The Labute approximate surface area is 106 Å². The van der Waals surface area contributed by atoms with Crippen molar-refractivity contribution in [2.75, 3.05) is 11.9 Å². The van der Waals surface area contributed by atoms with Crippen LogP contribution in [0.1, 0.15) is 17.2 Å². The Kier molecular flexibility index (Phi) is 2.81. The number of para-hydroxylation sites is 1. The summed E-state index contributed by atoms with van der Waals surface area (Å²) in [6.45, 7) is 0.699. The summed E-state index contributed by atoms with van der Waals surface area (Å²) in [7, 11) is 0. The molecule has 1 aliphatic rings. The minimum atomic E-state index is -0.0387. The summed E-state index contributed by atoms with van der Waals surface area (Å²) in [6, 6.07) is 13.7. The Morgan fingerprint density at radius 1 is 1.22 bits per heavy atom. The van der Waals surface area contributed by atoms with Gasteiger partial charge in [0.15, 0.2) is 0 Å². The molecule has 0 saturated carbocycles. The lowest BCUT2D eigenvalue weighted by molar-refractivity contribution is -0.119. The number of hydrogen-bond donors (Lipinski definition) is 1. The van der Waals surface area contributed by atoms with Crippen molar-refractivity contribution in [3.8, 4) is 0 Å². The third-order valence-corrected chi connectivity index (χ3v) is 3.30. The molecule has 0 bridgehead atoms. The van der Waals surface area contributed by atoms with Gasteiger partial charge in [-0.05, 0) is 23.8 Å². The van der Waals surface area contributed by atoms with Crippen LogP contribution in [0.4, 0.5) is 5.69 Å². The van der Waals surface area contributed by atoms with Gasteiger partial charge in [0, 0.05) is 30.5 Å². The number of Topliss-reactive ketones (excluding diaryl/α,β-unsaturated/α-hetero) is 1. The molecule has 3 rings (SSSR count). The van der Waals surface area contributed by atoms with Crippen molar-refractivity contribution < 1.29 is 4.79 Å². The highest BCUT2D eigenvalue weighted by molar-refractivity contribution is 5.91. The van der Waals surface area contributed by atoms with Crippen LogP contribution in [0.25, 0.3) is 0 Å². The highest BCUT2D eigenvalue weighted by Crippen LogP contribution is 2.32. The van der Waals surface area contributed by atoms with E-state index in [1.165, 1.54) is 0 Å².